The van der Waals surface area contributed by atoms with E-state index in [1.807, 2.05) is 42.6 Å². The van der Waals surface area contributed by atoms with Crippen LogP contribution in [-0.4, -0.2) is 24.2 Å². The Morgan fingerprint density at radius 1 is 0.500 bits per heavy atom. The lowest BCUT2D eigenvalue weighted by Gasteiger charge is -2.12. The quantitative estimate of drug-likeness (QED) is 0.199. The zero-order valence-electron chi connectivity index (χ0n) is 28.4. The molecule has 1 N–H and O–H groups in total. The number of aryl methyl sites for hydroxylation is 1. The van der Waals surface area contributed by atoms with Crippen molar-refractivity contribution in [3.8, 4) is 50.9 Å². The zero-order valence-corrected chi connectivity index (χ0v) is 28.4. The average Bonchev–Trinajstić information content (AvgIpc) is 3.72. The number of phenols is 1. The van der Waals surface area contributed by atoms with Crippen LogP contribution in [0.5, 0.6) is 5.75 Å². The molecule has 0 saturated carbocycles. The summed E-state index contributed by atoms with van der Waals surface area (Å²) in [6.45, 7) is 2.14. The van der Waals surface area contributed by atoms with E-state index in [2.05, 4.69) is 137 Å². The Kier molecular flexibility index (Phi) is 6.80. The second kappa shape index (κ2) is 11.8. The number of nitrogens with zero attached hydrogens (tertiary/aromatic N) is 4. The average molecular weight is 669 g/mol. The Bertz CT molecular complexity index is 2980. The molecule has 0 aliphatic rings. The minimum atomic E-state index is 0.211. The summed E-state index contributed by atoms with van der Waals surface area (Å²) in [5, 5.41) is 15.9. The van der Waals surface area contributed by atoms with Crippen molar-refractivity contribution in [2.24, 2.45) is 0 Å². The topological polar surface area (TPSA) is 55.9 Å². The van der Waals surface area contributed by atoms with Gasteiger partial charge in [0.1, 0.15) is 11.6 Å². The van der Waals surface area contributed by atoms with Gasteiger partial charge >= 0.3 is 0 Å². The van der Waals surface area contributed by atoms with E-state index in [9.17, 15) is 5.11 Å². The van der Waals surface area contributed by atoms with Crippen LogP contribution in [0, 0.1) is 6.92 Å². The molecule has 5 heteroatoms. The first-order valence-corrected chi connectivity index (χ1v) is 17.5. The summed E-state index contributed by atoms with van der Waals surface area (Å²) < 4.78 is 4.43. The third kappa shape index (κ3) is 4.63. The van der Waals surface area contributed by atoms with Gasteiger partial charge in [-0.2, -0.15) is 0 Å². The van der Waals surface area contributed by atoms with Crippen LogP contribution in [0.15, 0.2) is 170 Å². The lowest BCUT2D eigenvalue weighted by atomic mass is 9.99. The molecule has 0 bridgehead atoms. The maximum absolute atomic E-state index is 11.5. The fraction of sp³-hybridized carbons (Fsp3) is 0.0213. The van der Waals surface area contributed by atoms with E-state index in [0.717, 1.165) is 88.8 Å². The van der Waals surface area contributed by atoms with Crippen molar-refractivity contribution in [3.05, 3.63) is 176 Å². The Morgan fingerprint density at radius 3 is 1.94 bits per heavy atom. The summed E-state index contributed by atoms with van der Waals surface area (Å²) >= 11 is 0. The highest BCUT2D eigenvalue weighted by Gasteiger charge is 2.22. The molecular formula is C47H32N4O. The van der Waals surface area contributed by atoms with Gasteiger partial charge in [-0.25, -0.2) is 4.98 Å². The fourth-order valence-electron chi connectivity index (χ4n) is 7.87. The monoisotopic (exact) mass is 668 g/mol. The smallest absolute Gasteiger partial charge is 0.140 e. The molecule has 5 nitrogen and oxygen atoms in total. The van der Waals surface area contributed by atoms with Gasteiger partial charge in [0.2, 0.25) is 0 Å². The Labute approximate surface area is 300 Å². The second-order valence-corrected chi connectivity index (χ2v) is 13.3. The van der Waals surface area contributed by atoms with E-state index in [0.29, 0.717) is 0 Å². The number of aromatic nitrogens is 4. The molecule has 0 aliphatic heterocycles. The molecule has 0 amide bonds. The van der Waals surface area contributed by atoms with Crippen molar-refractivity contribution in [2.45, 2.75) is 6.92 Å². The van der Waals surface area contributed by atoms with Gasteiger partial charge in [-0.3, -0.25) is 9.55 Å². The van der Waals surface area contributed by atoms with Crippen LogP contribution >= 0.6 is 0 Å². The van der Waals surface area contributed by atoms with Gasteiger partial charge in [0.05, 0.1) is 33.5 Å². The minimum absolute atomic E-state index is 0.211. The van der Waals surface area contributed by atoms with Crippen LogP contribution in [-0.2, 0) is 0 Å². The molecule has 0 atom stereocenters. The number of benzene rings is 6. The van der Waals surface area contributed by atoms with Crippen molar-refractivity contribution < 1.29 is 5.11 Å². The molecule has 10 aromatic rings. The first kappa shape index (κ1) is 29.9. The Morgan fingerprint density at radius 2 is 1.13 bits per heavy atom. The molecule has 0 spiro atoms. The van der Waals surface area contributed by atoms with Gasteiger partial charge in [-0.1, -0.05) is 103 Å². The predicted octanol–water partition coefficient (Wildman–Crippen LogP) is 11.7. The van der Waals surface area contributed by atoms with Crippen molar-refractivity contribution in [3.63, 3.8) is 0 Å². The minimum Gasteiger partial charge on any atom is -0.506 e. The molecule has 0 aliphatic carbocycles. The maximum atomic E-state index is 11.5. The number of phenolic OH excluding ortho intramolecular Hbond substituents is 1. The van der Waals surface area contributed by atoms with Crippen LogP contribution in [0.3, 0.4) is 0 Å². The molecule has 246 valence electrons. The number of hydrogen-bond acceptors (Lipinski definition) is 3. The van der Waals surface area contributed by atoms with Gasteiger partial charge in [0, 0.05) is 50.1 Å². The number of rotatable bonds is 5. The highest BCUT2D eigenvalue weighted by molar-refractivity contribution is 6.29. The van der Waals surface area contributed by atoms with Crippen LogP contribution < -0.4 is 0 Å². The third-order valence-electron chi connectivity index (χ3n) is 10.2. The van der Waals surface area contributed by atoms with Gasteiger partial charge in [-0.05, 0) is 78.7 Å². The van der Waals surface area contributed by atoms with Crippen molar-refractivity contribution in [2.75, 3.05) is 0 Å². The van der Waals surface area contributed by atoms with Gasteiger partial charge < -0.3 is 9.67 Å². The summed E-state index contributed by atoms with van der Waals surface area (Å²) in [5.74, 6) is 0.944. The molecule has 0 saturated heterocycles. The summed E-state index contributed by atoms with van der Waals surface area (Å²) in [5.41, 5.74) is 12.3. The summed E-state index contributed by atoms with van der Waals surface area (Å²) in [4.78, 5) is 10.1. The highest BCUT2D eigenvalue weighted by Crippen LogP contribution is 2.44. The molecule has 4 aromatic heterocycles. The van der Waals surface area contributed by atoms with Gasteiger partial charge in [0.15, 0.2) is 0 Å². The zero-order chi connectivity index (χ0) is 34.8. The number of fused-ring (bicyclic) bond motifs is 7. The van der Waals surface area contributed by atoms with E-state index in [4.69, 9.17) is 9.97 Å². The first-order valence-electron chi connectivity index (χ1n) is 17.5. The lowest BCUT2D eigenvalue weighted by molar-refractivity contribution is 0.479. The number of hydrogen-bond donors (Lipinski definition) is 1. The molecule has 4 heterocycles. The second-order valence-electron chi connectivity index (χ2n) is 13.3. The lowest BCUT2D eigenvalue weighted by Crippen LogP contribution is -1.99. The normalized spacial score (nSPS) is 11.6. The molecule has 0 fully saturated rings. The summed E-state index contributed by atoms with van der Waals surface area (Å²) in [6.07, 6.45) is 1.97. The highest BCUT2D eigenvalue weighted by atomic mass is 16.3. The molecular weight excluding hydrogens is 637 g/mol. The van der Waals surface area contributed by atoms with E-state index < -0.39 is 0 Å². The Hall–Kier alpha value is -6.98. The van der Waals surface area contributed by atoms with Gasteiger partial charge in [0.25, 0.3) is 0 Å². The van der Waals surface area contributed by atoms with Crippen molar-refractivity contribution >= 4 is 43.6 Å². The van der Waals surface area contributed by atoms with Crippen LogP contribution in [0.1, 0.15) is 5.56 Å². The van der Waals surface area contributed by atoms with E-state index in [-0.39, 0.29) is 5.75 Å². The molecule has 0 unspecified atom stereocenters. The van der Waals surface area contributed by atoms with E-state index >= 15 is 0 Å². The fourth-order valence-corrected chi connectivity index (χ4v) is 7.87. The van der Waals surface area contributed by atoms with Crippen LogP contribution in [0.2, 0.25) is 0 Å². The molecule has 0 radical (unpaired) electrons. The maximum Gasteiger partial charge on any atom is 0.140 e. The Balaban J connectivity index is 1.14. The van der Waals surface area contributed by atoms with E-state index in [1.165, 1.54) is 5.56 Å². The number of pyridine rings is 2. The summed E-state index contributed by atoms with van der Waals surface area (Å²) in [7, 11) is 0. The number of aromatic hydroxyl groups is 1. The number of para-hydroxylation sites is 3. The first-order chi connectivity index (χ1) is 25.6. The van der Waals surface area contributed by atoms with E-state index in [1.54, 1.807) is 6.07 Å². The SMILES string of the molecule is Cc1cc(-c2cccc(-c3cccc(-n4c5ccc6c(c7ccccc7n6-c6ccccc6)c5c5cccc(O)c54)n3)c2)ncc1-c1ccccc1. The largest absolute Gasteiger partial charge is 0.506 e. The molecule has 52 heavy (non-hydrogen) atoms. The van der Waals surface area contributed by atoms with Crippen molar-refractivity contribution in [1.29, 1.82) is 0 Å². The predicted molar refractivity (Wildman–Crippen MR) is 213 cm³/mol. The van der Waals surface area contributed by atoms with Crippen LogP contribution in [0.4, 0.5) is 0 Å². The molecule has 10 rings (SSSR count). The van der Waals surface area contributed by atoms with Crippen molar-refractivity contribution in [1.82, 2.24) is 19.1 Å². The van der Waals surface area contributed by atoms with Gasteiger partial charge in [-0.15, -0.1) is 0 Å². The standard InChI is InChI=1S/C47H32N4O/c1-30-27-39(48-29-37(30)31-13-4-2-5-14-31)33-16-10-15-32(28-33)38-21-12-24-44(49-38)51-42-26-25-41-45(46(42)36-20-11-23-43(52)47(36)51)35-19-8-9-22-40(35)50(41)34-17-6-3-7-18-34/h2-29,52H,1H3. The molecule has 6 aromatic carbocycles. The summed E-state index contributed by atoms with van der Waals surface area (Å²) in [6, 6.07) is 56.2. The van der Waals surface area contributed by atoms with Crippen LogP contribution in [0.25, 0.3) is 88.8 Å². The third-order valence-corrected chi connectivity index (χ3v) is 10.2.